The average Bonchev–Trinajstić information content (AvgIpc) is 2.69. The molecule has 1 aromatic heterocycles. The number of aromatic nitrogens is 1. The van der Waals surface area contributed by atoms with Crippen molar-refractivity contribution in [1.82, 2.24) is 9.88 Å². The molecule has 2 aliphatic heterocycles. The Bertz CT molecular complexity index is 542. The van der Waals surface area contributed by atoms with E-state index in [4.69, 9.17) is 16.3 Å². The minimum absolute atomic E-state index is 0.191. The maximum absolute atomic E-state index is 12.4. The van der Waals surface area contributed by atoms with Gasteiger partial charge in [0, 0.05) is 19.3 Å². The molecule has 120 valence electrons. The quantitative estimate of drug-likeness (QED) is 0.795. The van der Waals surface area contributed by atoms with Crippen molar-refractivity contribution in [1.29, 1.82) is 0 Å². The molecule has 3 heterocycles. The van der Waals surface area contributed by atoms with E-state index >= 15 is 0 Å². The summed E-state index contributed by atoms with van der Waals surface area (Å²) in [5.74, 6) is 0.921. The van der Waals surface area contributed by atoms with Crippen molar-refractivity contribution >= 4 is 23.5 Å². The zero-order valence-electron chi connectivity index (χ0n) is 13.3. The van der Waals surface area contributed by atoms with Crippen LogP contribution in [0.3, 0.4) is 0 Å². The van der Waals surface area contributed by atoms with Gasteiger partial charge in [0.1, 0.15) is 11.4 Å². The molecule has 22 heavy (non-hydrogen) atoms. The van der Waals surface area contributed by atoms with E-state index in [-0.39, 0.29) is 18.2 Å². The van der Waals surface area contributed by atoms with Gasteiger partial charge in [-0.25, -0.2) is 9.78 Å². The molecule has 2 aliphatic rings. The van der Waals surface area contributed by atoms with Gasteiger partial charge in [-0.1, -0.05) is 11.6 Å². The highest BCUT2D eigenvalue weighted by Gasteiger charge is 2.44. The summed E-state index contributed by atoms with van der Waals surface area (Å²) in [5.41, 5.74) is -0.453. The van der Waals surface area contributed by atoms with Gasteiger partial charge in [-0.15, -0.1) is 0 Å². The second-order valence-corrected chi connectivity index (χ2v) is 7.45. The number of halogens is 1. The monoisotopic (exact) mass is 323 g/mol. The zero-order chi connectivity index (χ0) is 15.9. The van der Waals surface area contributed by atoms with E-state index in [2.05, 4.69) is 9.88 Å². The molecule has 1 amide bonds. The third-order valence-corrected chi connectivity index (χ3v) is 4.35. The molecule has 0 saturated carbocycles. The van der Waals surface area contributed by atoms with Crippen molar-refractivity contribution < 1.29 is 9.53 Å². The van der Waals surface area contributed by atoms with Crippen LogP contribution in [0.25, 0.3) is 0 Å². The molecule has 0 spiro atoms. The Morgan fingerprint density at radius 3 is 2.41 bits per heavy atom. The molecule has 3 rings (SSSR count). The van der Waals surface area contributed by atoms with Crippen LogP contribution in [-0.2, 0) is 4.74 Å². The van der Waals surface area contributed by atoms with E-state index in [1.807, 2.05) is 37.8 Å². The number of hydrogen-bond acceptors (Lipinski definition) is 4. The van der Waals surface area contributed by atoms with E-state index in [1.165, 1.54) is 0 Å². The minimum atomic E-state index is -0.453. The van der Waals surface area contributed by atoms with Crippen molar-refractivity contribution in [3.05, 3.63) is 23.4 Å². The number of amides is 1. The lowest BCUT2D eigenvalue weighted by atomic mass is 10.2. The van der Waals surface area contributed by atoms with Gasteiger partial charge in [-0.3, -0.25) is 4.90 Å². The second kappa shape index (κ2) is 5.61. The number of anilines is 1. The van der Waals surface area contributed by atoms with Gasteiger partial charge in [0.15, 0.2) is 0 Å². The number of nitrogens with zero attached hydrogens (tertiary/aromatic N) is 3. The smallest absolute Gasteiger partial charge is 0.410 e. The SMILES string of the molecule is CC(C)(C)OC(=O)N1[C@@H]2CC[C@H]1CN(c1ccc(Cl)cn1)C2. The van der Waals surface area contributed by atoms with Crippen molar-refractivity contribution in [3.8, 4) is 0 Å². The van der Waals surface area contributed by atoms with E-state index in [0.717, 1.165) is 31.7 Å². The molecular formula is C16H22ClN3O2. The number of carbonyl (C=O) groups is 1. The van der Waals surface area contributed by atoms with E-state index in [9.17, 15) is 4.79 Å². The summed E-state index contributed by atoms with van der Waals surface area (Å²) in [6, 6.07) is 4.19. The number of ether oxygens (including phenoxy) is 1. The Kier molecular flexibility index (Phi) is 3.93. The molecular weight excluding hydrogens is 302 g/mol. The predicted molar refractivity (Wildman–Crippen MR) is 86.3 cm³/mol. The van der Waals surface area contributed by atoms with Crippen molar-refractivity contribution in [2.75, 3.05) is 18.0 Å². The summed E-state index contributed by atoms with van der Waals surface area (Å²) in [7, 11) is 0. The molecule has 2 bridgehead atoms. The summed E-state index contributed by atoms with van der Waals surface area (Å²) in [6.07, 6.45) is 3.52. The van der Waals surface area contributed by atoms with E-state index in [1.54, 1.807) is 6.20 Å². The van der Waals surface area contributed by atoms with Crippen molar-refractivity contribution in [2.24, 2.45) is 0 Å². The highest BCUT2D eigenvalue weighted by atomic mass is 35.5. The van der Waals surface area contributed by atoms with E-state index < -0.39 is 5.60 Å². The number of pyridine rings is 1. The van der Waals surface area contributed by atoms with Crippen LogP contribution in [0.5, 0.6) is 0 Å². The van der Waals surface area contributed by atoms with Crippen LogP contribution in [0.15, 0.2) is 18.3 Å². The third kappa shape index (κ3) is 3.14. The molecule has 0 aromatic carbocycles. The fourth-order valence-electron chi connectivity index (χ4n) is 3.26. The van der Waals surface area contributed by atoms with Gasteiger partial charge in [0.2, 0.25) is 0 Å². The maximum atomic E-state index is 12.4. The van der Waals surface area contributed by atoms with E-state index in [0.29, 0.717) is 5.02 Å². The zero-order valence-corrected chi connectivity index (χ0v) is 14.0. The molecule has 0 unspecified atom stereocenters. The lowest BCUT2D eigenvalue weighted by molar-refractivity contribution is 0.0123. The van der Waals surface area contributed by atoms with Gasteiger partial charge >= 0.3 is 6.09 Å². The summed E-state index contributed by atoms with van der Waals surface area (Å²) in [4.78, 5) is 21.0. The van der Waals surface area contributed by atoms with Gasteiger partial charge in [0.05, 0.1) is 17.1 Å². The summed E-state index contributed by atoms with van der Waals surface area (Å²) in [6.45, 7) is 7.30. The molecule has 0 aliphatic carbocycles. The first-order chi connectivity index (χ1) is 10.3. The van der Waals surface area contributed by atoms with Crippen LogP contribution >= 0.6 is 11.6 Å². The largest absolute Gasteiger partial charge is 0.444 e. The maximum Gasteiger partial charge on any atom is 0.410 e. The normalized spacial score (nSPS) is 24.5. The van der Waals surface area contributed by atoms with Gasteiger partial charge in [0.25, 0.3) is 0 Å². The summed E-state index contributed by atoms with van der Waals surface area (Å²) >= 11 is 5.90. The van der Waals surface area contributed by atoms with Gasteiger partial charge in [-0.05, 0) is 45.7 Å². The van der Waals surface area contributed by atoms with Gasteiger partial charge < -0.3 is 9.64 Å². The fourth-order valence-corrected chi connectivity index (χ4v) is 3.37. The van der Waals surface area contributed by atoms with Crippen LogP contribution in [0.2, 0.25) is 5.02 Å². The topological polar surface area (TPSA) is 45.7 Å². The Morgan fingerprint density at radius 2 is 1.91 bits per heavy atom. The van der Waals surface area contributed by atoms with Crippen LogP contribution in [0.1, 0.15) is 33.6 Å². The lowest BCUT2D eigenvalue weighted by Gasteiger charge is -2.41. The highest BCUT2D eigenvalue weighted by molar-refractivity contribution is 6.30. The molecule has 0 radical (unpaired) electrons. The molecule has 2 saturated heterocycles. The second-order valence-electron chi connectivity index (χ2n) is 7.01. The molecule has 2 fully saturated rings. The van der Waals surface area contributed by atoms with Crippen LogP contribution in [0, 0.1) is 0 Å². The molecule has 1 aromatic rings. The highest BCUT2D eigenvalue weighted by Crippen LogP contribution is 2.33. The summed E-state index contributed by atoms with van der Waals surface area (Å²) < 4.78 is 5.55. The Balaban J connectivity index is 1.71. The van der Waals surface area contributed by atoms with Crippen LogP contribution in [0.4, 0.5) is 10.6 Å². The molecule has 6 heteroatoms. The third-order valence-electron chi connectivity index (χ3n) is 4.12. The first kappa shape index (κ1) is 15.4. The number of piperazine rings is 1. The number of carbonyl (C=O) groups excluding carboxylic acids is 1. The minimum Gasteiger partial charge on any atom is -0.444 e. The predicted octanol–water partition coefficient (Wildman–Crippen LogP) is 3.32. The number of rotatable bonds is 1. The van der Waals surface area contributed by atoms with Crippen LogP contribution < -0.4 is 4.90 Å². The summed E-state index contributed by atoms with van der Waals surface area (Å²) in [5, 5.41) is 0.638. The first-order valence-corrected chi connectivity index (χ1v) is 8.09. The lowest BCUT2D eigenvalue weighted by Crippen LogP contribution is -2.57. The molecule has 2 atom stereocenters. The van der Waals surface area contributed by atoms with Crippen molar-refractivity contribution in [2.45, 2.75) is 51.3 Å². The Labute approximate surface area is 136 Å². The Hall–Kier alpha value is -1.49. The fraction of sp³-hybridized carbons (Fsp3) is 0.625. The number of fused-ring (bicyclic) bond motifs is 2. The average molecular weight is 324 g/mol. The standard InChI is InChI=1S/C16H22ClN3O2/c1-16(2,3)22-15(21)20-12-5-6-13(20)10-19(9-12)14-7-4-11(17)8-18-14/h4,7-8,12-13H,5-6,9-10H2,1-3H3/t12-,13+. The molecule has 0 N–H and O–H groups in total. The Morgan fingerprint density at radius 1 is 1.27 bits per heavy atom. The first-order valence-electron chi connectivity index (χ1n) is 7.71. The van der Waals surface area contributed by atoms with Crippen LogP contribution in [-0.4, -0.2) is 46.8 Å². The number of hydrogen-bond donors (Lipinski definition) is 0. The van der Waals surface area contributed by atoms with Crippen molar-refractivity contribution in [3.63, 3.8) is 0 Å². The van der Waals surface area contributed by atoms with Gasteiger partial charge in [-0.2, -0.15) is 0 Å². The molecule has 5 nitrogen and oxygen atoms in total.